The number of aryl methyl sites for hydroxylation is 3. The normalized spacial score (nSPS) is 11.1. The quantitative estimate of drug-likeness (QED) is 0.847. The molecule has 0 aliphatic rings. The second-order valence-corrected chi connectivity index (χ2v) is 5.80. The summed E-state index contributed by atoms with van der Waals surface area (Å²) in [4.78, 5) is 16.1. The van der Waals surface area contributed by atoms with Crippen molar-refractivity contribution in [2.45, 2.75) is 40.8 Å². The van der Waals surface area contributed by atoms with E-state index in [0.29, 0.717) is 23.8 Å². The van der Waals surface area contributed by atoms with Gasteiger partial charge in [0.05, 0.1) is 33.1 Å². The highest BCUT2D eigenvalue weighted by Gasteiger charge is 2.16. The predicted molar refractivity (Wildman–Crippen MR) is 82.4 cm³/mol. The lowest BCUT2D eigenvalue weighted by Crippen LogP contribution is -2.28. The molecule has 0 radical (unpaired) electrons. The number of nitrogens with zero attached hydrogens (tertiary/aromatic N) is 4. The first-order valence-corrected chi connectivity index (χ1v) is 7.49. The molecule has 5 nitrogen and oxygen atoms in total. The summed E-state index contributed by atoms with van der Waals surface area (Å²) in [6.07, 6.45) is 0. The van der Waals surface area contributed by atoms with Crippen LogP contribution in [-0.4, -0.2) is 19.3 Å². The summed E-state index contributed by atoms with van der Waals surface area (Å²) in [6.45, 7) is 8.60. The minimum absolute atomic E-state index is 0.277. The zero-order chi connectivity index (χ0) is 15.0. The van der Waals surface area contributed by atoms with Crippen LogP contribution in [0.25, 0.3) is 0 Å². The lowest BCUT2D eigenvalue weighted by Gasteiger charge is -2.13. The van der Waals surface area contributed by atoms with Crippen molar-refractivity contribution < 1.29 is 0 Å². The molecule has 0 amide bonds. The Bertz CT molecular complexity index is 720. The maximum Gasteiger partial charge on any atom is 0.348 e. The summed E-state index contributed by atoms with van der Waals surface area (Å²) in [5, 5.41) is 4.97. The van der Waals surface area contributed by atoms with Crippen molar-refractivity contribution in [3.63, 3.8) is 0 Å². The fraction of sp³-hybridized carbons (Fsp3) is 0.462. The van der Waals surface area contributed by atoms with Gasteiger partial charge in [-0.25, -0.2) is 4.79 Å². The Morgan fingerprint density at radius 2 is 1.90 bits per heavy atom. The van der Waals surface area contributed by atoms with Crippen molar-refractivity contribution in [3.05, 3.63) is 42.8 Å². The van der Waals surface area contributed by atoms with Crippen molar-refractivity contribution >= 4 is 27.5 Å². The van der Waals surface area contributed by atoms with E-state index in [-0.39, 0.29) is 5.69 Å². The van der Waals surface area contributed by atoms with Crippen LogP contribution in [-0.2, 0) is 13.1 Å². The molecule has 0 unspecified atom stereocenters. The molecular formula is C13H16BrClN4O. The third-order valence-electron chi connectivity index (χ3n) is 3.30. The van der Waals surface area contributed by atoms with Crippen molar-refractivity contribution in [2.75, 3.05) is 0 Å². The summed E-state index contributed by atoms with van der Waals surface area (Å²) >= 11 is 9.75. The van der Waals surface area contributed by atoms with Gasteiger partial charge in [-0.15, -0.1) is 0 Å². The van der Waals surface area contributed by atoms with Gasteiger partial charge in [-0.2, -0.15) is 10.1 Å². The van der Waals surface area contributed by atoms with Crippen LogP contribution in [0.4, 0.5) is 0 Å². The van der Waals surface area contributed by atoms with Gasteiger partial charge in [0.25, 0.3) is 0 Å². The first-order chi connectivity index (χ1) is 9.36. The van der Waals surface area contributed by atoms with Gasteiger partial charge in [0.1, 0.15) is 0 Å². The zero-order valence-electron chi connectivity index (χ0n) is 11.9. The topological polar surface area (TPSA) is 52.7 Å². The van der Waals surface area contributed by atoms with Gasteiger partial charge < -0.3 is 0 Å². The average molecular weight is 360 g/mol. The minimum Gasteiger partial charge on any atom is -0.289 e. The van der Waals surface area contributed by atoms with Gasteiger partial charge in [-0.05, 0) is 43.6 Å². The van der Waals surface area contributed by atoms with Crippen molar-refractivity contribution in [3.8, 4) is 0 Å². The van der Waals surface area contributed by atoms with E-state index in [2.05, 4.69) is 26.0 Å². The van der Waals surface area contributed by atoms with E-state index in [0.717, 1.165) is 21.6 Å². The monoisotopic (exact) mass is 358 g/mol. The van der Waals surface area contributed by atoms with E-state index in [1.807, 2.05) is 25.5 Å². The molecule has 0 fully saturated rings. The summed E-state index contributed by atoms with van der Waals surface area (Å²) in [6, 6.07) is 0. The highest BCUT2D eigenvalue weighted by atomic mass is 79.9. The predicted octanol–water partition coefficient (Wildman–Crippen LogP) is 2.85. The third kappa shape index (κ3) is 2.54. The Morgan fingerprint density at radius 3 is 2.50 bits per heavy atom. The number of hydrogen-bond acceptors (Lipinski definition) is 3. The number of hydrogen-bond donors (Lipinski definition) is 0. The fourth-order valence-electron chi connectivity index (χ4n) is 2.13. The van der Waals surface area contributed by atoms with Gasteiger partial charge in [0.15, 0.2) is 0 Å². The zero-order valence-corrected chi connectivity index (χ0v) is 14.2. The van der Waals surface area contributed by atoms with Crippen LogP contribution in [0.2, 0.25) is 5.02 Å². The van der Waals surface area contributed by atoms with Gasteiger partial charge in [-0.1, -0.05) is 11.6 Å². The molecular weight excluding hydrogens is 344 g/mol. The largest absolute Gasteiger partial charge is 0.348 e. The van der Waals surface area contributed by atoms with Crippen LogP contribution in [0, 0.1) is 20.8 Å². The molecule has 0 saturated carbocycles. The Morgan fingerprint density at radius 1 is 1.25 bits per heavy atom. The van der Waals surface area contributed by atoms with E-state index >= 15 is 0 Å². The Labute approximate surface area is 130 Å². The molecule has 0 saturated heterocycles. The number of aromatic nitrogens is 4. The molecule has 7 heteroatoms. The highest BCUT2D eigenvalue weighted by Crippen LogP contribution is 2.23. The van der Waals surface area contributed by atoms with Crippen LogP contribution in [0.1, 0.15) is 29.7 Å². The van der Waals surface area contributed by atoms with E-state index in [1.165, 1.54) is 0 Å². The molecule has 20 heavy (non-hydrogen) atoms. The standard InChI is InChI=1S/C13H16BrClN4O/c1-5-19-10(12(15)8(3)17-19)6-18-9(4)11(14)7(2)16-13(18)20/h5-6H2,1-4H3. The molecule has 2 aromatic rings. The molecule has 108 valence electrons. The van der Waals surface area contributed by atoms with E-state index in [4.69, 9.17) is 11.6 Å². The second kappa shape index (κ2) is 5.69. The van der Waals surface area contributed by atoms with Crippen molar-refractivity contribution in [2.24, 2.45) is 0 Å². The van der Waals surface area contributed by atoms with Crippen LogP contribution in [0.5, 0.6) is 0 Å². The Hall–Kier alpha value is -1.14. The van der Waals surface area contributed by atoms with Gasteiger partial charge in [0.2, 0.25) is 0 Å². The van der Waals surface area contributed by atoms with Crippen LogP contribution >= 0.6 is 27.5 Å². The fourth-order valence-corrected chi connectivity index (χ4v) is 2.63. The summed E-state index contributed by atoms with van der Waals surface area (Å²) in [7, 11) is 0. The molecule has 2 heterocycles. The minimum atomic E-state index is -0.277. The molecule has 0 spiro atoms. The summed E-state index contributed by atoms with van der Waals surface area (Å²) in [5.41, 5.74) is 2.85. The smallest absolute Gasteiger partial charge is 0.289 e. The van der Waals surface area contributed by atoms with E-state index in [1.54, 1.807) is 11.5 Å². The van der Waals surface area contributed by atoms with Crippen LogP contribution < -0.4 is 5.69 Å². The number of rotatable bonds is 3. The SMILES string of the molecule is CCn1nc(C)c(Cl)c1Cn1c(C)c(Br)c(C)nc1=O. The number of halogens is 2. The van der Waals surface area contributed by atoms with Gasteiger partial charge in [-0.3, -0.25) is 9.25 Å². The summed E-state index contributed by atoms with van der Waals surface area (Å²) < 4.78 is 4.26. The van der Waals surface area contributed by atoms with Crippen LogP contribution in [0.15, 0.2) is 9.27 Å². The second-order valence-electron chi connectivity index (χ2n) is 4.63. The van der Waals surface area contributed by atoms with E-state index < -0.39 is 0 Å². The Balaban J connectivity index is 2.56. The molecule has 0 aliphatic heterocycles. The van der Waals surface area contributed by atoms with Gasteiger partial charge >= 0.3 is 5.69 Å². The molecule has 2 aromatic heterocycles. The molecule has 0 N–H and O–H groups in total. The maximum atomic E-state index is 12.1. The van der Waals surface area contributed by atoms with Crippen LogP contribution in [0.3, 0.4) is 0 Å². The maximum absolute atomic E-state index is 12.1. The molecule has 0 atom stereocenters. The Kier molecular flexibility index (Phi) is 4.34. The molecule has 0 bridgehead atoms. The first kappa shape index (κ1) is 15.3. The van der Waals surface area contributed by atoms with Crippen molar-refractivity contribution in [1.82, 2.24) is 19.3 Å². The molecule has 2 rings (SSSR count). The average Bonchev–Trinajstić information content (AvgIpc) is 2.68. The third-order valence-corrected chi connectivity index (χ3v) is 4.93. The first-order valence-electron chi connectivity index (χ1n) is 6.32. The molecule has 0 aromatic carbocycles. The summed E-state index contributed by atoms with van der Waals surface area (Å²) in [5.74, 6) is 0. The van der Waals surface area contributed by atoms with Gasteiger partial charge in [0, 0.05) is 12.2 Å². The van der Waals surface area contributed by atoms with E-state index in [9.17, 15) is 4.79 Å². The van der Waals surface area contributed by atoms with Crippen molar-refractivity contribution in [1.29, 1.82) is 0 Å². The lowest BCUT2D eigenvalue weighted by molar-refractivity contribution is 0.579. The highest BCUT2D eigenvalue weighted by molar-refractivity contribution is 9.10. The lowest BCUT2D eigenvalue weighted by atomic mass is 10.3. The molecule has 0 aliphatic carbocycles.